The molecule has 3 amide bonds. The topological polar surface area (TPSA) is 95.7 Å². The number of nitrogens with zero attached hydrogens (tertiary/aromatic N) is 1. The van der Waals surface area contributed by atoms with Gasteiger partial charge in [-0.2, -0.15) is 0 Å². The van der Waals surface area contributed by atoms with Crippen molar-refractivity contribution in [2.45, 2.75) is 6.92 Å². The maximum absolute atomic E-state index is 12.2. The number of nitrogen functional groups attached to an aromatic ring is 1. The first-order valence-corrected chi connectivity index (χ1v) is 6.24. The van der Waals surface area contributed by atoms with Crippen LogP contribution in [-0.4, -0.2) is 17.0 Å². The molecule has 0 aliphatic heterocycles. The smallest absolute Gasteiger partial charge is 0.333 e. The van der Waals surface area contributed by atoms with Crippen molar-refractivity contribution >= 4 is 29.0 Å². The Labute approximate surface area is 121 Å². The molecule has 0 spiro atoms. The lowest BCUT2D eigenvalue weighted by Crippen LogP contribution is -2.38. The number of phenols is 1. The molecule has 6 nitrogen and oxygen atoms in total. The van der Waals surface area contributed by atoms with Crippen LogP contribution in [-0.2, 0) is 4.79 Å². The maximum Gasteiger partial charge on any atom is 0.333 e. The highest BCUT2D eigenvalue weighted by molar-refractivity contribution is 6.18. The lowest BCUT2D eigenvalue weighted by molar-refractivity contribution is -0.115. The van der Waals surface area contributed by atoms with Crippen molar-refractivity contribution in [2.75, 3.05) is 16.0 Å². The molecule has 0 aliphatic carbocycles. The van der Waals surface area contributed by atoms with E-state index in [1.807, 2.05) is 0 Å². The first-order valence-electron chi connectivity index (χ1n) is 6.24. The molecule has 0 atom stereocenters. The van der Waals surface area contributed by atoms with E-state index >= 15 is 0 Å². The SMILES string of the molecule is CC(=O)N(C(=O)Nc1ccccc1O)c1ccc(N)cc1. The summed E-state index contributed by atoms with van der Waals surface area (Å²) in [6.07, 6.45) is 0. The molecule has 0 saturated carbocycles. The number of aromatic hydroxyl groups is 1. The molecule has 108 valence electrons. The fourth-order valence-electron chi connectivity index (χ4n) is 1.82. The summed E-state index contributed by atoms with van der Waals surface area (Å²) in [6.45, 7) is 1.28. The number of hydrogen-bond donors (Lipinski definition) is 3. The normalized spacial score (nSPS) is 9.95. The van der Waals surface area contributed by atoms with Crippen LogP contribution in [0.15, 0.2) is 48.5 Å². The van der Waals surface area contributed by atoms with E-state index in [4.69, 9.17) is 5.73 Å². The van der Waals surface area contributed by atoms with Gasteiger partial charge in [0.25, 0.3) is 0 Å². The Morgan fingerprint density at radius 1 is 1.10 bits per heavy atom. The minimum Gasteiger partial charge on any atom is -0.506 e. The molecular formula is C15H15N3O3. The maximum atomic E-state index is 12.2. The third-order valence-corrected chi connectivity index (χ3v) is 2.81. The summed E-state index contributed by atoms with van der Waals surface area (Å²) in [7, 11) is 0. The number of carbonyl (C=O) groups excluding carboxylic acids is 2. The van der Waals surface area contributed by atoms with Crippen molar-refractivity contribution in [1.29, 1.82) is 0 Å². The second-order valence-electron chi connectivity index (χ2n) is 4.39. The summed E-state index contributed by atoms with van der Waals surface area (Å²) in [6, 6.07) is 11.9. The minimum atomic E-state index is -0.659. The Balaban J connectivity index is 2.26. The molecule has 0 unspecified atom stereocenters. The van der Waals surface area contributed by atoms with Crippen molar-refractivity contribution in [1.82, 2.24) is 0 Å². The van der Waals surface area contributed by atoms with Crippen LogP contribution in [0.25, 0.3) is 0 Å². The van der Waals surface area contributed by atoms with Crippen molar-refractivity contribution in [3.05, 3.63) is 48.5 Å². The standard InChI is InChI=1S/C15H15N3O3/c1-10(19)18(12-8-6-11(16)7-9-12)15(21)17-13-4-2-3-5-14(13)20/h2-9,20H,16H2,1H3,(H,17,21). The van der Waals surface area contributed by atoms with Crippen molar-refractivity contribution in [3.8, 4) is 5.75 Å². The molecule has 0 heterocycles. The zero-order valence-corrected chi connectivity index (χ0v) is 11.4. The lowest BCUT2D eigenvalue weighted by atomic mass is 10.2. The fourth-order valence-corrected chi connectivity index (χ4v) is 1.82. The molecule has 4 N–H and O–H groups in total. The second-order valence-corrected chi connectivity index (χ2v) is 4.39. The van der Waals surface area contributed by atoms with E-state index in [0.29, 0.717) is 11.4 Å². The number of nitrogens with one attached hydrogen (secondary N) is 1. The number of nitrogens with two attached hydrogens (primary N) is 1. The second kappa shape index (κ2) is 5.96. The Morgan fingerprint density at radius 3 is 2.29 bits per heavy atom. The van der Waals surface area contributed by atoms with Crippen molar-refractivity contribution in [2.24, 2.45) is 0 Å². The number of rotatable bonds is 2. The van der Waals surface area contributed by atoms with E-state index in [9.17, 15) is 14.7 Å². The molecule has 0 aliphatic rings. The van der Waals surface area contributed by atoms with Crippen LogP contribution in [0.3, 0.4) is 0 Å². The van der Waals surface area contributed by atoms with Gasteiger partial charge in [0.15, 0.2) is 0 Å². The van der Waals surface area contributed by atoms with Crippen molar-refractivity contribution in [3.63, 3.8) is 0 Å². The molecule has 21 heavy (non-hydrogen) atoms. The van der Waals surface area contributed by atoms with Gasteiger partial charge in [-0.15, -0.1) is 0 Å². The Morgan fingerprint density at radius 2 is 1.71 bits per heavy atom. The quantitative estimate of drug-likeness (QED) is 0.583. The highest BCUT2D eigenvalue weighted by Crippen LogP contribution is 2.23. The third kappa shape index (κ3) is 3.30. The summed E-state index contributed by atoms with van der Waals surface area (Å²) >= 11 is 0. The number of anilines is 3. The Bertz CT molecular complexity index is 668. The van der Waals surface area contributed by atoms with E-state index in [2.05, 4.69) is 5.32 Å². The number of amides is 3. The van der Waals surface area contributed by atoms with E-state index in [1.54, 1.807) is 36.4 Å². The van der Waals surface area contributed by atoms with E-state index < -0.39 is 11.9 Å². The van der Waals surface area contributed by atoms with Gasteiger partial charge < -0.3 is 16.2 Å². The highest BCUT2D eigenvalue weighted by Gasteiger charge is 2.20. The van der Waals surface area contributed by atoms with Gasteiger partial charge in [-0.1, -0.05) is 12.1 Å². The molecule has 0 saturated heterocycles. The Kier molecular flexibility index (Phi) is 4.08. The van der Waals surface area contributed by atoms with Crippen LogP contribution in [0.4, 0.5) is 21.9 Å². The highest BCUT2D eigenvalue weighted by atomic mass is 16.3. The van der Waals surface area contributed by atoms with Crippen LogP contribution in [0.5, 0.6) is 5.75 Å². The number of carbonyl (C=O) groups is 2. The van der Waals surface area contributed by atoms with Crippen LogP contribution in [0, 0.1) is 0 Å². The van der Waals surface area contributed by atoms with Gasteiger partial charge in [-0.3, -0.25) is 4.79 Å². The summed E-state index contributed by atoms with van der Waals surface area (Å²) < 4.78 is 0. The van der Waals surface area contributed by atoms with Crippen LogP contribution in [0.2, 0.25) is 0 Å². The summed E-state index contributed by atoms with van der Waals surface area (Å²) in [5.74, 6) is -0.528. The van der Waals surface area contributed by atoms with Crippen LogP contribution < -0.4 is 16.0 Å². The third-order valence-electron chi connectivity index (χ3n) is 2.81. The van der Waals surface area contributed by atoms with Gasteiger partial charge in [0.2, 0.25) is 5.91 Å². The molecule has 0 fully saturated rings. The van der Waals surface area contributed by atoms with Crippen molar-refractivity contribution < 1.29 is 14.7 Å². The molecule has 0 radical (unpaired) electrons. The summed E-state index contributed by atoms with van der Waals surface area (Å²) in [4.78, 5) is 24.9. The number of hydrogen-bond acceptors (Lipinski definition) is 4. The van der Waals surface area contributed by atoms with E-state index in [-0.39, 0.29) is 11.4 Å². The Hall–Kier alpha value is -3.02. The van der Waals surface area contributed by atoms with Gasteiger partial charge in [0, 0.05) is 12.6 Å². The number of phenolic OH excluding ortho intramolecular Hbond substituents is 1. The van der Waals surface area contributed by atoms with Crippen LogP contribution in [0.1, 0.15) is 6.92 Å². The zero-order chi connectivity index (χ0) is 15.4. The van der Waals surface area contributed by atoms with Gasteiger partial charge in [0.05, 0.1) is 11.4 Å². The zero-order valence-electron chi connectivity index (χ0n) is 11.4. The van der Waals surface area contributed by atoms with E-state index in [0.717, 1.165) is 4.90 Å². The van der Waals surface area contributed by atoms with Crippen LogP contribution >= 0.6 is 0 Å². The number of benzene rings is 2. The first-order chi connectivity index (χ1) is 9.99. The number of para-hydroxylation sites is 2. The monoisotopic (exact) mass is 285 g/mol. The summed E-state index contributed by atoms with van der Waals surface area (Å²) in [5.41, 5.74) is 6.74. The van der Waals surface area contributed by atoms with Gasteiger partial charge in [-0.25, -0.2) is 9.69 Å². The molecule has 2 aromatic carbocycles. The molecule has 6 heteroatoms. The average Bonchev–Trinajstić information content (AvgIpc) is 2.43. The molecule has 0 bridgehead atoms. The molecule has 0 aromatic heterocycles. The number of urea groups is 1. The predicted octanol–water partition coefficient (Wildman–Crippen LogP) is 2.56. The predicted molar refractivity (Wildman–Crippen MR) is 81.1 cm³/mol. The lowest BCUT2D eigenvalue weighted by Gasteiger charge is -2.20. The molecule has 2 rings (SSSR count). The average molecular weight is 285 g/mol. The molecular weight excluding hydrogens is 270 g/mol. The van der Waals surface area contributed by atoms with Gasteiger partial charge >= 0.3 is 6.03 Å². The first kappa shape index (κ1) is 14.4. The van der Waals surface area contributed by atoms with Gasteiger partial charge in [0.1, 0.15) is 5.75 Å². The minimum absolute atomic E-state index is 0.0772. The fraction of sp³-hybridized carbons (Fsp3) is 0.0667. The van der Waals surface area contributed by atoms with Gasteiger partial charge in [-0.05, 0) is 36.4 Å². The molecule has 2 aromatic rings. The number of imide groups is 1. The largest absolute Gasteiger partial charge is 0.506 e. The van der Waals surface area contributed by atoms with E-state index in [1.165, 1.54) is 19.1 Å². The summed E-state index contributed by atoms with van der Waals surface area (Å²) in [5, 5.41) is 12.1.